The van der Waals surface area contributed by atoms with Crippen molar-refractivity contribution in [2.24, 2.45) is 0 Å². The molecule has 0 spiro atoms. The fourth-order valence-corrected chi connectivity index (χ4v) is 2.82. The lowest BCUT2D eigenvalue weighted by Crippen LogP contribution is -2.46. The number of rotatable bonds is 4. The van der Waals surface area contributed by atoms with E-state index in [-0.39, 0.29) is 5.78 Å². The summed E-state index contributed by atoms with van der Waals surface area (Å²) in [4.78, 5) is 17.0. The van der Waals surface area contributed by atoms with E-state index in [0.717, 1.165) is 48.3 Å². The number of hydrogen-bond donors (Lipinski definition) is 0. The molecule has 1 aliphatic rings. The van der Waals surface area contributed by atoms with E-state index in [9.17, 15) is 4.79 Å². The minimum absolute atomic E-state index is 0.197. The molecule has 0 radical (unpaired) electrons. The molecule has 1 aliphatic heterocycles. The zero-order valence-corrected chi connectivity index (χ0v) is 13.2. The summed E-state index contributed by atoms with van der Waals surface area (Å²) >= 11 is 0. The Hall–Kier alpha value is -1.91. The normalized spacial score (nSPS) is 16.8. The Bertz CT molecular complexity index is 676. The van der Waals surface area contributed by atoms with Gasteiger partial charge >= 0.3 is 0 Å². The molecular weight excluding hydrogens is 276 g/mol. The van der Waals surface area contributed by atoms with Crippen LogP contribution in [-0.2, 0) is 0 Å². The molecule has 0 aliphatic carbocycles. The van der Waals surface area contributed by atoms with Crippen molar-refractivity contribution in [2.45, 2.75) is 0 Å². The summed E-state index contributed by atoms with van der Waals surface area (Å²) in [6.45, 7) is 4.51. The van der Waals surface area contributed by atoms with Crippen LogP contribution in [0.5, 0.6) is 5.75 Å². The molecule has 0 saturated carbocycles. The Morgan fingerprint density at radius 3 is 2.45 bits per heavy atom. The topological polar surface area (TPSA) is 32.8 Å². The quantitative estimate of drug-likeness (QED) is 0.811. The maximum Gasteiger partial charge on any atom is 0.176 e. The van der Waals surface area contributed by atoms with E-state index in [1.807, 2.05) is 36.4 Å². The van der Waals surface area contributed by atoms with Gasteiger partial charge in [-0.2, -0.15) is 0 Å². The Morgan fingerprint density at radius 2 is 1.73 bits per heavy atom. The van der Waals surface area contributed by atoms with Gasteiger partial charge in [0, 0.05) is 31.7 Å². The first kappa shape index (κ1) is 15.0. The van der Waals surface area contributed by atoms with E-state index < -0.39 is 0 Å². The minimum Gasteiger partial charge on any atom is -0.497 e. The molecule has 0 N–H and O–H groups in total. The Morgan fingerprint density at radius 1 is 1.05 bits per heavy atom. The molecule has 116 valence electrons. The van der Waals surface area contributed by atoms with E-state index >= 15 is 0 Å². The van der Waals surface area contributed by atoms with Crippen molar-refractivity contribution in [3.05, 3.63) is 42.0 Å². The summed E-state index contributed by atoms with van der Waals surface area (Å²) in [5, 5.41) is 2.17. The Balaban J connectivity index is 1.73. The molecule has 1 fully saturated rings. The van der Waals surface area contributed by atoms with Crippen molar-refractivity contribution in [2.75, 3.05) is 46.9 Å². The zero-order chi connectivity index (χ0) is 15.5. The smallest absolute Gasteiger partial charge is 0.176 e. The van der Waals surface area contributed by atoms with Gasteiger partial charge in [0.1, 0.15) is 5.75 Å². The second-order valence-electron chi connectivity index (χ2n) is 5.93. The van der Waals surface area contributed by atoms with Crippen LogP contribution in [0.15, 0.2) is 36.4 Å². The van der Waals surface area contributed by atoms with Gasteiger partial charge in [-0.25, -0.2) is 0 Å². The standard InChI is InChI=1S/C18H22N2O2/c1-19-7-9-20(10-8-19)13-18(21)16-4-3-15-12-17(22-2)6-5-14(15)11-16/h3-6,11-12H,7-10,13H2,1-2H3. The number of likely N-dealkylation sites (N-methyl/N-ethyl adjacent to an activating group) is 1. The highest BCUT2D eigenvalue weighted by molar-refractivity contribution is 6.01. The van der Waals surface area contributed by atoms with Gasteiger partial charge in [-0.15, -0.1) is 0 Å². The maximum atomic E-state index is 12.5. The van der Waals surface area contributed by atoms with Gasteiger partial charge in [0.05, 0.1) is 13.7 Å². The van der Waals surface area contributed by atoms with Crippen molar-refractivity contribution < 1.29 is 9.53 Å². The molecule has 1 heterocycles. The number of hydrogen-bond acceptors (Lipinski definition) is 4. The van der Waals surface area contributed by atoms with Gasteiger partial charge in [0.15, 0.2) is 5.78 Å². The molecule has 1 saturated heterocycles. The van der Waals surface area contributed by atoms with Gasteiger partial charge in [0.25, 0.3) is 0 Å². The molecule has 0 aromatic heterocycles. The first-order valence-electron chi connectivity index (χ1n) is 7.67. The number of ketones is 1. The highest BCUT2D eigenvalue weighted by atomic mass is 16.5. The molecule has 0 bridgehead atoms. The molecular formula is C18H22N2O2. The molecule has 4 nitrogen and oxygen atoms in total. The number of carbonyl (C=O) groups excluding carboxylic acids is 1. The summed E-state index contributed by atoms with van der Waals surface area (Å²) in [5.74, 6) is 1.03. The first-order valence-corrected chi connectivity index (χ1v) is 7.67. The van der Waals surface area contributed by atoms with E-state index in [4.69, 9.17) is 4.74 Å². The van der Waals surface area contributed by atoms with Crippen molar-refractivity contribution >= 4 is 16.6 Å². The number of Topliss-reactive ketones (excluding diaryl/α,β-unsaturated/α-hetero) is 1. The van der Waals surface area contributed by atoms with Gasteiger partial charge in [0.2, 0.25) is 0 Å². The van der Waals surface area contributed by atoms with Crippen LogP contribution in [0.1, 0.15) is 10.4 Å². The van der Waals surface area contributed by atoms with Crippen LogP contribution in [0, 0.1) is 0 Å². The third-order valence-corrected chi connectivity index (χ3v) is 4.33. The lowest BCUT2D eigenvalue weighted by Gasteiger charge is -2.31. The van der Waals surface area contributed by atoms with Gasteiger partial charge in [-0.05, 0) is 36.0 Å². The number of benzene rings is 2. The van der Waals surface area contributed by atoms with Crippen LogP contribution in [0.25, 0.3) is 10.8 Å². The lowest BCUT2D eigenvalue weighted by molar-refractivity contribution is 0.0876. The van der Waals surface area contributed by atoms with Gasteiger partial charge in [-0.1, -0.05) is 18.2 Å². The van der Waals surface area contributed by atoms with Crippen LogP contribution in [0.4, 0.5) is 0 Å². The van der Waals surface area contributed by atoms with Gasteiger partial charge in [-0.3, -0.25) is 9.69 Å². The second kappa shape index (κ2) is 6.46. The number of ether oxygens (including phenoxy) is 1. The second-order valence-corrected chi connectivity index (χ2v) is 5.93. The molecule has 2 aromatic rings. The zero-order valence-electron chi connectivity index (χ0n) is 13.2. The van der Waals surface area contributed by atoms with Crippen LogP contribution in [-0.4, -0.2) is 62.5 Å². The summed E-state index contributed by atoms with van der Waals surface area (Å²) in [6.07, 6.45) is 0. The van der Waals surface area contributed by atoms with Crippen LogP contribution in [0.3, 0.4) is 0 Å². The van der Waals surface area contributed by atoms with E-state index in [1.54, 1.807) is 7.11 Å². The molecule has 4 heteroatoms. The number of methoxy groups -OCH3 is 1. The average molecular weight is 298 g/mol. The van der Waals surface area contributed by atoms with Gasteiger partial charge < -0.3 is 9.64 Å². The molecule has 0 atom stereocenters. The maximum absolute atomic E-state index is 12.5. The summed E-state index contributed by atoms with van der Waals surface area (Å²) in [6, 6.07) is 11.8. The molecule has 0 amide bonds. The predicted molar refractivity (Wildman–Crippen MR) is 88.8 cm³/mol. The number of carbonyl (C=O) groups is 1. The van der Waals surface area contributed by atoms with Crippen LogP contribution < -0.4 is 4.74 Å². The Labute approximate surface area is 131 Å². The number of nitrogens with zero attached hydrogens (tertiary/aromatic N) is 2. The molecule has 2 aromatic carbocycles. The van der Waals surface area contributed by atoms with Crippen LogP contribution >= 0.6 is 0 Å². The van der Waals surface area contributed by atoms with E-state index in [1.165, 1.54) is 0 Å². The number of fused-ring (bicyclic) bond motifs is 1. The van der Waals surface area contributed by atoms with E-state index in [2.05, 4.69) is 16.8 Å². The minimum atomic E-state index is 0.197. The van der Waals surface area contributed by atoms with Crippen molar-refractivity contribution in [1.29, 1.82) is 0 Å². The van der Waals surface area contributed by atoms with Crippen molar-refractivity contribution in [1.82, 2.24) is 9.80 Å². The molecule has 0 unspecified atom stereocenters. The predicted octanol–water partition coefficient (Wildman–Crippen LogP) is 2.28. The van der Waals surface area contributed by atoms with Crippen LogP contribution in [0.2, 0.25) is 0 Å². The average Bonchev–Trinajstić information content (AvgIpc) is 2.56. The highest BCUT2D eigenvalue weighted by Gasteiger charge is 2.17. The number of piperazine rings is 1. The summed E-state index contributed by atoms with van der Waals surface area (Å²) < 4.78 is 5.23. The van der Waals surface area contributed by atoms with E-state index in [0.29, 0.717) is 6.54 Å². The first-order chi connectivity index (χ1) is 10.7. The monoisotopic (exact) mass is 298 g/mol. The molecule has 22 heavy (non-hydrogen) atoms. The fraction of sp³-hybridized carbons (Fsp3) is 0.389. The lowest BCUT2D eigenvalue weighted by atomic mass is 10.0. The largest absolute Gasteiger partial charge is 0.497 e. The fourth-order valence-electron chi connectivity index (χ4n) is 2.82. The molecule has 3 rings (SSSR count). The van der Waals surface area contributed by atoms with Crippen molar-refractivity contribution in [3.8, 4) is 5.75 Å². The Kier molecular flexibility index (Phi) is 4.41. The third-order valence-electron chi connectivity index (χ3n) is 4.33. The summed E-state index contributed by atoms with van der Waals surface area (Å²) in [5.41, 5.74) is 0.789. The summed E-state index contributed by atoms with van der Waals surface area (Å²) in [7, 11) is 3.78. The van der Waals surface area contributed by atoms with Crippen molar-refractivity contribution in [3.63, 3.8) is 0 Å². The third kappa shape index (κ3) is 3.29. The highest BCUT2D eigenvalue weighted by Crippen LogP contribution is 2.22. The SMILES string of the molecule is COc1ccc2cc(C(=O)CN3CCN(C)CC3)ccc2c1.